The number of hydrogen-bond donors (Lipinski definition) is 2. The number of nitrogens with one attached hydrogen (secondary N) is 1. The highest BCUT2D eigenvalue weighted by molar-refractivity contribution is 7.20. The summed E-state index contributed by atoms with van der Waals surface area (Å²) < 4.78 is 1.83. The summed E-state index contributed by atoms with van der Waals surface area (Å²) in [6.07, 6.45) is 1.54. The predicted octanol–water partition coefficient (Wildman–Crippen LogP) is 2.99. The molecule has 0 aromatic carbocycles. The van der Waals surface area contributed by atoms with E-state index in [2.05, 4.69) is 29.2 Å². The molecular formula is C15H17N5OS. The van der Waals surface area contributed by atoms with Crippen molar-refractivity contribution in [3.8, 4) is 0 Å². The van der Waals surface area contributed by atoms with E-state index in [-0.39, 0.29) is 5.91 Å². The molecule has 0 aliphatic carbocycles. The molecular weight excluding hydrogens is 298 g/mol. The first kappa shape index (κ1) is 14.5. The van der Waals surface area contributed by atoms with Crippen LogP contribution in [0.2, 0.25) is 0 Å². The van der Waals surface area contributed by atoms with Crippen molar-refractivity contribution in [3.05, 3.63) is 35.0 Å². The van der Waals surface area contributed by atoms with Gasteiger partial charge in [-0.25, -0.2) is 4.98 Å². The van der Waals surface area contributed by atoms with Crippen LogP contribution in [0.4, 0.5) is 11.5 Å². The SMILES string of the molecule is CC(C)c1nn(C)c2sc(C(=O)Nc3ccc(N)nc3)cc12. The third-order valence-corrected chi connectivity index (χ3v) is 4.56. The van der Waals surface area contributed by atoms with E-state index in [0.29, 0.717) is 22.3 Å². The second-order valence-electron chi connectivity index (χ2n) is 5.42. The molecule has 3 aromatic rings. The third-order valence-electron chi connectivity index (χ3n) is 3.35. The van der Waals surface area contributed by atoms with Crippen molar-refractivity contribution < 1.29 is 4.79 Å². The molecule has 7 heteroatoms. The Hall–Kier alpha value is -2.41. The lowest BCUT2D eigenvalue weighted by atomic mass is 10.1. The van der Waals surface area contributed by atoms with E-state index in [1.54, 1.807) is 18.3 Å². The van der Waals surface area contributed by atoms with Gasteiger partial charge >= 0.3 is 0 Å². The summed E-state index contributed by atoms with van der Waals surface area (Å²) in [6, 6.07) is 5.29. The average Bonchev–Trinajstić information content (AvgIpc) is 3.02. The minimum atomic E-state index is -0.150. The molecule has 3 heterocycles. The molecule has 0 radical (unpaired) electrons. The van der Waals surface area contributed by atoms with Crippen molar-refractivity contribution in [1.82, 2.24) is 14.8 Å². The fourth-order valence-electron chi connectivity index (χ4n) is 2.28. The maximum atomic E-state index is 12.4. The van der Waals surface area contributed by atoms with E-state index in [4.69, 9.17) is 5.73 Å². The summed E-state index contributed by atoms with van der Waals surface area (Å²) in [5.74, 6) is 0.588. The molecule has 3 aromatic heterocycles. The number of aromatic nitrogens is 3. The normalized spacial score (nSPS) is 11.3. The molecule has 0 bridgehead atoms. The lowest BCUT2D eigenvalue weighted by Gasteiger charge is -2.03. The standard InChI is InChI=1S/C15H17N5OS/c1-8(2)13-10-6-11(22-15(10)20(3)19-13)14(21)18-9-4-5-12(16)17-7-9/h4-8H,1-3H3,(H2,16,17)(H,18,21). The largest absolute Gasteiger partial charge is 0.384 e. The summed E-state index contributed by atoms with van der Waals surface area (Å²) in [7, 11) is 1.90. The molecule has 0 saturated heterocycles. The van der Waals surface area contributed by atoms with Crippen molar-refractivity contribution in [1.29, 1.82) is 0 Å². The van der Waals surface area contributed by atoms with Crippen LogP contribution in [0.1, 0.15) is 35.1 Å². The van der Waals surface area contributed by atoms with Gasteiger partial charge in [-0.2, -0.15) is 5.10 Å². The highest BCUT2D eigenvalue weighted by atomic mass is 32.1. The smallest absolute Gasteiger partial charge is 0.265 e. The number of thiophene rings is 1. The van der Waals surface area contributed by atoms with Crippen LogP contribution in [0.25, 0.3) is 10.2 Å². The van der Waals surface area contributed by atoms with Gasteiger partial charge in [0.15, 0.2) is 0 Å². The van der Waals surface area contributed by atoms with Gasteiger partial charge in [0.1, 0.15) is 10.6 Å². The second-order valence-corrected chi connectivity index (χ2v) is 6.45. The van der Waals surface area contributed by atoms with Crippen LogP contribution in [-0.4, -0.2) is 20.7 Å². The second kappa shape index (κ2) is 5.42. The highest BCUT2D eigenvalue weighted by Gasteiger charge is 2.18. The summed E-state index contributed by atoms with van der Waals surface area (Å²) in [6.45, 7) is 4.19. The fourth-order valence-corrected chi connectivity index (χ4v) is 3.25. The molecule has 114 valence electrons. The minimum absolute atomic E-state index is 0.150. The Morgan fingerprint density at radius 1 is 1.41 bits per heavy atom. The summed E-state index contributed by atoms with van der Waals surface area (Å²) in [5, 5.41) is 8.39. The number of nitrogen functional groups attached to an aromatic ring is 1. The van der Waals surface area contributed by atoms with Gasteiger partial charge in [0.05, 0.1) is 22.5 Å². The Morgan fingerprint density at radius 3 is 2.82 bits per heavy atom. The molecule has 0 unspecified atom stereocenters. The van der Waals surface area contributed by atoms with Crippen LogP contribution < -0.4 is 11.1 Å². The molecule has 0 aliphatic heterocycles. The summed E-state index contributed by atoms with van der Waals surface area (Å²) in [4.78, 5) is 18.0. The van der Waals surface area contributed by atoms with Gasteiger partial charge in [-0.1, -0.05) is 13.8 Å². The van der Waals surface area contributed by atoms with Crippen molar-refractivity contribution in [3.63, 3.8) is 0 Å². The first-order valence-electron chi connectivity index (χ1n) is 6.95. The molecule has 0 aliphatic rings. The van der Waals surface area contributed by atoms with Crippen LogP contribution in [0.5, 0.6) is 0 Å². The fraction of sp³-hybridized carbons (Fsp3) is 0.267. The van der Waals surface area contributed by atoms with Gasteiger partial charge in [0, 0.05) is 12.4 Å². The number of carbonyl (C=O) groups is 1. The lowest BCUT2D eigenvalue weighted by molar-refractivity contribution is 0.103. The van der Waals surface area contributed by atoms with Crippen LogP contribution in [0.3, 0.4) is 0 Å². The quantitative estimate of drug-likeness (QED) is 0.778. The van der Waals surface area contributed by atoms with Gasteiger partial charge in [0.25, 0.3) is 5.91 Å². The molecule has 0 fully saturated rings. The van der Waals surface area contributed by atoms with E-state index in [9.17, 15) is 4.79 Å². The molecule has 0 spiro atoms. The Kier molecular flexibility index (Phi) is 3.58. The molecule has 0 saturated carbocycles. The number of amides is 1. The number of pyridine rings is 1. The van der Waals surface area contributed by atoms with Crippen molar-refractivity contribution in [2.75, 3.05) is 11.1 Å². The Labute approximate surface area is 132 Å². The van der Waals surface area contributed by atoms with Gasteiger partial charge in [-0.05, 0) is 24.1 Å². The zero-order valence-electron chi connectivity index (χ0n) is 12.6. The number of carbonyl (C=O) groups excluding carboxylic acids is 1. The van der Waals surface area contributed by atoms with E-state index in [0.717, 1.165) is 15.9 Å². The highest BCUT2D eigenvalue weighted by Crippen LogP contribution is 2.31. The van der Waals surface area contributed by atoms with Crippen LogP contribution in [-0.2, 0) is 7.05 Å². The molecule has 1 amide bonds. The molecule has 6 nitrogen and oxygen atoms in total. The number of nitrogens with two attached hydrogens (primary N) is 1. The molecule has 0 atom stereocenters. The number of nitrogens with zero attached hydrogens (tertiary/aromatic N) is 3. The monoisotopic (exact) mass is 315 g/mol. The first-order chi connectivity index (χ1) is 10.5. The Morgan fingerprint density at radius 2 is 2.18 bits per heavy atom. The number of fused-ring (bicyclic) bond motifs is 1. The van der Waals surface area contributed by atoms with Crippen molar-refractivity contribution >= 4 is 39.0 Å². The number of anilines is 2. The minimum Gasteiger partial charge on any atom is -0.384 e. The summed E-state index contributed by atoms with van der Waals surface area (Å²) in [5.41, 5.74) is 7.18. The number of aryl methyl sites for hydroxylation is 1. The van der Waals surface area contributed by atoms with E-state index >= 15 is 0 Å². The maximum Gasteiger partial charge on any atom is 0.265 e. The van der Waals surface area contributed by atoms with Crippen molar-refractivity contribution in [2.45, 2.75) is 19.8 Å². The van der Waals surface area contributed by atoms with E-state index < -0.39 is 0 Å². The van der Waals surface area contributed by atoms with Gasteiger partial charge < -0.3 is 11.1 Å². The van der Waals surface area contributed by atoms with Crippen LogP contribution in [0, 0.1) is 0 Å². The average molecular weight is 315 g/mol. The third kappa shape index (κ3) is 2.55. The van der Waals surface area contributed by atoms with Gasteiger partial charge in [0.2, 0.25) is 0 Å². The Balaban J connectivity index is 1.91. The van der Waals surface area contributed by atoms with E-state index in [1.165, 1.54) is 11.3 Å². The topological polar surface area (TPSA) is 85.8 Å². The maximum absolute atomic E-state index is 12.4. The van der Waals surface area contributed by atoms with E-state index in [1.807, 2.05) is 17.8 Å². The predicted molar refractivity (Wildman–Crippen MR) is 89.3 cm³/mol. The number of hydrogen-bond acceptors (Lipinski definition) is 5. The molecule has 3 rings (SSSR count). The van der Waals surface area contributed by atoms with Crippen LogP contribution >= 0.6 is 11.3 Å². The number of rotatable bonds is 3. The van der Waals surface area contributed by atoms with Crippen LogP contribution in [0.15, 0.2) is 24.4 Å². The first-order valence-corrected chi connectivity index (χ1v) is 7.76. The zero-order chi connectivity index (χ0) is 15.9. The Bertz CT molecular complexity index is 832. The van der Waals surface area contributed by atoms with Gasteiger partial charge in [-0.3, -0.25) is 9.48 Å². The van der Waals surface area contributed by atoms with Gasteiger partial charge in [-0.15, -0.1) is 11.3 Å². The summed E-state index contributed by atoms with van der Waals surface area (Å²) >= 11 is 1.44. The zero-order valence-corrected chi connectivity index (χ0v) is 13.4. The molecule has 3 N–H and O–H groups in total. The van der Waals surface area contributed by atoms with Crippen molar-refractivity contribution in [2.24, 2.45) is 7.05 Å². The lowest BCUT2D eigenvalue weighted by Crippen LogP contribution is -2.10. The molecule has 22 heavy (non-hydrogen) atoms.